The fraction of sp³-hybridized carbons (Fsp3) is 0.385. The lowest BCUT2D eigenvalue weighted by atomic mass is 10.2. The molecule has 0 radical (unpaired) electrons. The van der Waals surface area contributed by atoms with E-state index in [0.717, 1.165) is 15.3 Å². The third kappa shape index (κ3) is 3.00. The van der Waals surface area contributed by atoms with Crippen molar-refractivity contribution >= 4 is 32.7 Å². The van der Waals surface area contributed by atoms with E-state index in [4.69, 9.17) is 14.2 Å². The number of esters is 1. The van der Waals surface area contributed by atoms with Crippen molar-refractivity contribution in [2.75, 3.05) is 39.8 Å². The van der Waals surface area contributed by atoms with Crippen LogP contribution in [-0.4, -0.2) is 45.4 Å². The number of rotatable bonds is 6. The second-order valence-corrected chi connectivity index (χ2v) is 4.98. The van der Waals surface area contributed by atoms with E-state index >= 15 is 0 Å². The summed E-state index contributed by atoms with van der Waals surface area (Å²) in [6.07, 6.45) is 0. The number of ether oxygens (including phenoxy) is 3. The summed E-state index contributed by atoms with van der Waals surface area (Å²) in [7, 11) is 4.50. The Balaban J connectivity index is 2.34. The quantitative estimate of drug-likeness (QED) is 0.650. The molecule has 0 aliphatic rings. The van der Waals surface area contributed by atoms with Gasteiger partial charge in [0, 0.05) is 19.7 Å². The van der Waals surface area contributed by atoms with E-state index in [1.54, 1.807) is 19.2 Å². The number of nitrogens with one attached hydrogen (secondary N) is 1. The summed E-state index contributed by atoms with van der Waals surface area (Å²) in [6.45, 7) is 1.28. The number of benzene rings is 1. The van der Waals surface area contributed by atoms with E-state index in [-0.39, 0.29) is 0 Å². The lowest BCUT2D eigenvalue weighted by molar-refractivity contribution is 0.0597. The van der Waals surface area contributed by atoms with Crippen LogP contribution in [0.5, 0.6) is 5.75 Å². The SMILES string of the molecule is COCCNc1nc2cc(OC)c(C(=O)OC)cc2s1. The molecule has 1 heterocycles. The number of aromatic nitrogens is 1. The van der Waals surface area contributed by atoms with E-state index in [0.29, 0.717) is 24.5 Å². The van der Waals surface area contributed by atoms with Gasteiger partial charge in [0.25, 0.3) is 0 Å². The Labute approximate surface area is 120 Å². The van der Waals surface area contributed by atoms with Crippen molar-refractivity contribution in [3.63, 3.8) is 0 Å². The summed E-state index contributed by atoms with van der Waals surface area (Å²) in [5, 5.41) is 3.94. The molecule has 2 aromatic rings. The average molecular weight is 296 g/mol. The molecule has 0 bridgehead atoms. The van der Waals surface area contributed by atoms with E-state index in [9.17, 15) is 4.79 Å². The van der Waals surface area contributed by atoms with Crippen LogP contribution in [0.25, 0.3) is 10.2 Å². The van der Waals surface area contributed by atoms with Crippen molar-refractivity contribution in [2.24, 2.45) is 0 Å². The Kier molecular flexibility index (Phi) is 4.75. The molecular weight excluding hydrogens is 280 g/mol. The zero-order chi connectivity index (χ0) is 14.5. The first-order valence-corrected chi connectivity index (χ1v) is 6.81. The molecule has 1 N–H and O–H groups in total. The molecule has 1 aromatic carbocycles. The van der Waals surface area contributed by atoms with Crippen LogP contribution < -0.4 is 10.1 Å². The van der Waals surface area contributed by atoms with Crippen molar-refractivity contribution in [3.05, 3.63) is 17.7 Å². The molecule has 0 fully saturated rings. The molecule has 0 saturated heterocycles. The molecule has 0 aliphatic carbocycles. The molecule has 0 unspecified atom stereocenters. The lowest BCUT2D eigenvalue weighted by Gasteiger charge is -2.05. The zero-order valence-corrected chi connectivity index (χ0v) is 12.4. The minimum absolute atomic E-state index is 0.398. The van der Waals surface area contributed by atoms with Crippen LogP contribution in [-0.2, 0) is 9.47 Å². The van der Waals surface area contributed by atoms with Gasteiger partial charge in [-0.15, -0.1) is 0 Å². The van der Waals surface area contributed by atoms with E-state index in [1.807, 2.05) is 0 Å². The maximum absolute atomic E-state index is 11.7. The smallest absolute Gasteiger partial charge is 0.341 e. The first-order valence-electron chi connectivity index (χ1n) is 5.99. The van der Waals surface area contributed by atoms with Gasteiger partial charge in [-0.1, -0.05) is 11.3 Å². The number of fused-ring (bicyclic) bond motifs is 1. The number of anilines is 1. The largest absolute Gasteiger partial charge is 0.496 e. The summed E-state index contributed by atoms with van der Waals surface area (Å²) < 4.78 is 15.8. The van der Waals surface area contributed by atoms with Crippen molar-refractivity contribution < 1.29 is 19.0 Å². The second kappa shape index (κ2) is 6.53. The summed E-state index contributed by atoms with van der Waals surface area (Å²) >= 11 is 1.47. The summed E-state index contributed by atoms with van der Waals surface area (Å²) in [5.74, 6) is 0.0316. The van der Waals surface area contributed by atoms with Crippen molar-refractivity contribution in [3.8, 4) is 5.75 Å². The predicted molar refractivity (Wildman–Crippen MR) is 77.9 cm³/mol. The van der Waals surface area contributed by atoms with Gasteiger partial charge in [-0.2, -0.15) is 0 Å². The molecule has 0 saturated carbocycles. The first kappa shape index (κ1) is 14.5. The highest BCUT2D eigenvalue weighted by atomic mass is 32.1. The molecule has 0 aliphatic heterocycles. The highest BCUT2D eigenvalue weighted by molar-refractivity contribution is 7.22. The number of carbonyl (C=O) groups excluding carboxylic acids is 1. The summed E-state index contributed by atoms with van der Waals surface area (Å²) in [5.41, 5.74) is 1.18. The van der Waals surface area contributed by atoms with Crippen LogP contribution in [0.1, 0.15) is 10.4 Å². The minimum Gasteiger partial charge on any atom is -0.496 e. The Morgan fingerprint density at radius 3 is 2.80 bits per heavy atom. The van der Waals surface area contributed by atoms with Gasteiger partial charge in [0.05, 0.1) is 31.0 Å². The van der Waals surface area contributed by atoms with Gasteiger partial charge in [-0.05, 0) is 6.07 Å². The number of hydrogen-bond acceptors (Lipinski definition) is 7. The van der Waals surface area contributed by atoms with Gasteiger partial charge in [-0.25, -0.2) is 9.78 Å². The molecule has 1 aromatic heterocycles. The normalized spacial score (nSPS) is 10.6. The van der Waals surface area contributed by atoms with E-state index < -0.39 is 5.97 Å². The average Bonchev–Trinajstić information content (AvgIpc) is 2.86. The van der Waals surface area contributed by atoms with Gasteiger partial charge < -0.3 is 19.5 Å². The number of carbonyl (C=O) groups is 1. The molecule has 0 atom stereocenters. The van der Waals surface area contributed by atoms with Crippen molar-refractivity contribution in [1.82, 2.24) is 4.98 Å². The highest BCUT2D eigenvalue weighted by Gasteiger charge is 2.16. The third-order valence-electron chi connectivity index (χ3n) is 2.70. The number of thiazole rings is 1. The molecule has 20 heavy (non-hydrogen) atoms. The minimum atomic E-state index is -0.425. The zero-order valence-electron chi connectivity index (χ0n) is 11.6. The van der Waals surface area contributed by atoms with Crippen molar-refractivity contribution in [2.45, 2.75) is 0 Å². The van der Waals surface area contributed by atoms with Crippen molar-refractivity contribution in [1.29, 1.82) is 0 Å². The Morgan fingerprint density at radius 2 is 2.15 bits per heavy atom. The van der Waals surface area contributed by atoms with Crippen LogP contribution in [0.2, 0.25) is 0 Å². The molecule has 2 rings (SSSR count). The monoisotopic (exact) mass is 296 g/mol. The topological polar surface area (TPSA) is 69.7 Å². The van der Waals surface area contributed by atoms with Crippen LogP contribution >= 0.6 is 11.3 Å². The molecule has 0 amide bonds. The third-order valence-corrected chi connectivity index (χ3v) is 3.67. The molecule has 6 nitrogen and oxygen atoms in total. The Bertz CT molecular complexity index is 612. The maximum Gasteiger partial charge on any atom is 0.341 e. The number of nitrogens with zero attached hydrogens (tertiary/aromatic N) is 1. The number of hydrogen-bond donors (Lipinski definition) is 1. The standard InChI is InChI=1S/C13H16N2O4S/c1-17-5-4-14-13-15-9-7-10(18-2)8(12(16)19-3)6-11(9)20-13/h6-7H,4-5H2,1-3H3,(H,14,15). The fourth-order valence-electron chi connectivity index (χ4n) is 1.73. The number of methoxy groups -OCH3 is 3. The predicted octanol–water partition coefficient (Wildman–Crippen LogP) is 2.15. The van der Waals surface area contributed by atoms with Gasteiger partial charge in [-0.3, -0.25) is 0 Å². The summed E-state index contributed by atoms with van der Waals surface area (Å²) in [6, 6.07) is 3.47. The van der Waals surface area contributed by atoms with Gasteiger partial charge in [0.15, 0.2) is 5.13 Å². The van der Waals surface area contributed by atoms with Crippen LogP contribution in [0.4, 0.5) is 5.13 Å². The molecule has 108 valence electrons. The summed E-state index contributed by atoms with van der Waals surface area (Å²) in [4.78, 5) is 16.1. The van der Waals surface area contributed by atoms with Gasteiger partial charge in [0.2, 0.25) is 0 Å². The van der Waals surface area contributed by atoms with E-state index in [1.165, 1.54) is 25.6 Å². The maximum atomic E-state index is 11.7. The molecule has 7 heteroatoms. The Morgan fingerprint density at radius 1 is 1.35 bits per heavy atom. The van der Waals surface area contributed by atoms with E-state index in [2.05, 4.69) is 10.3 Å². The molecular formula is C13H16N2O4S. The Hall–Kier alpha value is -1.86. The highest BCUT2D eigenvalue weighted by Crippen LogP contribution is 2.32. The van der Waals surface area contributed by atoms with Crippen LogP contribution in [0, 0.1) is 0 Å². The second-order valence-electron chi connectivity index (χ2n) is 3.95. The first-order chi connectivity index (χ1) is 9.69. The van der Waals surface area contributed by atoms with Gasteiger partial charge in [0.1, 0.15) is 11.3 Å². The van der Waals surface area contributed by atoms with Crippen LogP contribution in [0.15, 0.2) is 12.1 Å². The lowest BCUT2D eigenvalue weighted by Crippen LogP contribution is -2.06. The molecule has 0 spiro atoms. The fourth-order valence-corrected chi connectivity index (χ4v) is 2.64. The van der Waals surface area contributed by atoms with Crippen LogP contribution in [0.3, 0.4) is 0 Å². The van der Waals surface area contributed by atoms with Gasteiger partial charge >= 0.3 is 5.97 Å².